The third-order valence-corrected chi connectivity index (χ3v) is 16.1. The van der Waals surface area contributed by atoms with Crippen LogP contribution in [0.4, 0.5) is 0 Å². The van der Waals surface area contributed by atoms with Crippen LogP contribution in [0.1, 0.15) is 0 Å². The number of hydrogen-bond acceptors (Lipinski definition) is 12. The maximum atomic E-state index is 4.98. The summed E-state index contributed by atoms with van der Waals surface area (Å²) in [6, 6.07) is 106. The lowest BCUT2D eigenvalue weighted by molar-refractivity contribution is 1.07. The van der Waals surface area contributed by atoms with E-state index >= 15 is 0 Å². The first kappa shape index (κ1) is 59.0. The smallest absolute Gasteiger partial charge is 0.165 e. The van der Waals surface area contributed by atoms with Crippen molar-refractivity contribution >= 4 is 0 Å². The summed E-state index contributed by atoms with van der Waals surface area (Å²) in [6.45, 7) is 0. The van der Waals surface area contributed by atoms with Gasteiger partial charge in [-0.25, -0.2) is 49.8 Å². The molecule has 0 saturated heterocycles. The molecule has 16 aromatic rings. The molecule has 16 rings (SSSR count). The van der Waals surface area contributed by atoms with E-state index in [0.717, 1.165) is 112 Å². The molecular weight excluding hydrogens is 1180 g/mol. The quantitative estimate of drug-likeness (QED) is 0.102. The lowest BCUT2D eigenvalue weighted by Crippen LogP contribution is -2.00. The summed E-state index contributed by atoms with van der Waals surface area (Å²) in [4.78, 5) is 57.6. The lowest BCUT2D eigenvalue weighted by Gasteiger charge is -2.11. The van der Waals surface area contributed by atoms with Gasteiger partial charge in [0.15, 0.2) is 46.6 Å². The molecule has 0 unspecified atom stereocenters. The molecule has 12 nitrogen and oxygen atoms in total. The monoisotopic (exact) mass is 1230 g/mol. The van der Waals surface area contributed by atoms with Crippen molar-refractivity contribution in [2.75, 3.05) is 0 Å². The second-order valence-corrected chi connectivity index (χ2v) is 22.5. The molecule has 0 N–H and O–H groups in total. The van der Waals surface area contributed by atoms with E-state index in [1.807, 2.05) is 231 Å². The Morgan fingerprint density at radius 1 is 0.135 bits per heavy atom. The minimum absolute atomic E-state index is 0.580. The number of hydrogen-bond donors (Lipinski definition) is 0. The maximum Gasteiger partial charge on any atom is 0.165 e. The van der Waals surface area contributed by atoms with Gasteiger partial charge in [0.1, 0.15) is 0 Å². The predicted octanol–water partition coefficient (Wildman–Crippen LogP) is 19.5. The van der Waals surface area contributed by atoms with Crippen molar-refractivity contribution in [2.45, 2.75) is 0 Å². The molecule has 0 aliphatic carbocycles. The highest BCUT2D eigenvalue weighted by Crippen LogP contribution is 2.35. The van der Waals surface area contributed by atoms with Gasteiger partial charge in [-0.05, 0) is 70.8 Å². The molecule has 0 amide bonds. The fourth-order valence-electron chi connectivity index (χ4n) is 11.2. The van der Waals surface area contributed by atoms with Crippen molar-refractivity contribution in [1.82, 2.24) is 59.8 Å². The zero-order chi connectivity index (χ0) is 64.2. The predicted molar refractivity (Wildman–Crippen MR) is 383 cm³/mol. The summed E-state index contributed by atoms with van der Waals surface area (Å²) in [6.07, 6.45) is 7.11. The van der Waals surface area contributed by atoms with Gasteiger partial charge in [0.05, 0.1) is 22.8 Å². The van der Waals surface area contributed by atoms with Gasteiger partial charge in [-0.2, -0.15) is 0 Å². The number of nitrogens with zero attached hydrogens (tertiary/aromatic N) is 12. The Kier molecular flexibility index (Phi) is 17.0. The van der Waals surface area contributed by atoms with E-state index in [9.17, 15) is 0 Å². The summed E-state index contributed by atoms with van der Waals surface area (Å²) in [7, 11) is 0. The van der Waals surface area contributed by atoms with E-state index in [1.165, 1.54) is 0 Å². The SMILES string of the molecule is c1ccc(-c2cc(-c3ccc(-c4cccc(-c5nc(-c6ccccc6)nc(-c6cccnc6)n5)c4)cc3)nc(-c3ccccc3)n2)cc1.c1ccc(-c2nc(-c3ccc(-c4cccc(-c5nc(-c6ccccc6)nc(-c6ccccc6)n5)c4)cc3)cc(-c3cccnc3)n2)cc1. The van der Waals surface area contributed by atoms with E-state index in [4.69, 9.17) is 49.8 Å². The molecule has 0 atom stereocenters. The van der Waals surface area contributed by atoms with Gasteiger partial charge in [-0.15, -0.1) is 0 Å². The minimum Gasteiger partial charge on any atom is -0.264 e. The van der Waals surface area contributed by atoms with Crippen molar-refractivity contribution in [1.29, 1.82) is 0 Å². The van der Waals surface area contributed by atoms with Crippen molar-refractivity contribution < 1.29 is 0 Å². The Bertz CT molecular complexity index is 4730. The second kappa shape index (κ2) is 27.6. The van der Waals surface area contributed by atoms with Crippen LogP contribution in [-0.4, -0.2) is 59.8 Å². The Morgan fingerprint density at radius 2 is 0.365 bits per heavy atom. The van der Waals surface area contributed by atoms with Crippen LogP contribution in [-0.2, 0) is 0 Å². The molecule has 0 aliphatic rings. The first-order valence-electron chi connectivity index (χ1n) is 31.4. The lowest BCUT2D eigenvalue weighted by atomic mass is 10.00. The minimum atomic E-state index is 0.580. The number of rotatable bonds is 14. The Hall–Kier alpha value is -13.3. The molecule has 0 saturated carbocycles. The van der Waals surface area contributed by atoms with E-state index < -0.39 is 0 Å². The summed E-state index contributed by atoms with van der Waals surface area (Å²) >= 11 is 0. The van der Waals surface area contributed by atoms with Gasteiger partial charge in [0.2, 0.25) is 0 Å². The fourth-order valence-corrected chi connectivity index (χ4v) is 11.2. The largest absolute Gasteiger partial charge is 0.264 e. The van der Waals surface area contributed by atoms with Gasteiger partial charge in [0.25, 0.3) is 0 Å². The maximum absolute atomic E-state index is 4.98. The van der Waals surface area contributed by atoms with Crippen LogP contribution in [0.15, 0.2) is 340 Å². The van der Waals surface area contributed by atoms with Gasteiger partial charge in [0, 0.05) is 91.5 Å². The molecule has 96 heavy (non-hydrogen) atoms. The summed E-state index contributed by atoms with van der Waals surface area (Å²) in [5.41, 5.74) is 19.1. The molecule has 0 spiro atoms. The highest BCUT2D eigenvalue weighted by molar-refractivity contribution is 5.79. The Labute approximate surface area is 555 Å². The number of aromatic nitrogens is 12. The first-order chi connectivity index (χ1) is 47.5. The van der Waals surface area contributed by atoms with Crippen molar-refractivity contribution in [3.63, 3.8) is 0 Å². The van der Waals surface area contributed by atoms with E-state index in [1.54, 1.807) is 18.6 Å². The molecule has 12 heteroatoms. The van der Waals surface area contributed by atoms with Crippen LogP contribution in [0, 0.1) is 0 Å². The van der Waals surface area contributed by atoms with Crippen LogP contribution in [0.3, 0.4) is 0 Å². The molecule has 0 fully saturated rings. The van der Waals surface area contributed by atoms with Gasteiger partial charge in [-0.1, -0.05) is 267 Å². The summed E-state index contributed by atoms with van der Waals surface area (Å²) in [5, 5.41) is 0. The highest BCUT2D eigenvalue weighted by Gasteiger charge is 2.18. The number of pyridine rings is 2. The molecule has 452 valence electrons. The average Bonchev–Trinajstić information content (AvgIpc) is 0.948. The molecular formula is C84H56N12. The standard InChI is InChI=1S/2C42H28N6/c1-4-12-31(13-5-1)39-44-37(27-38(45-39)36-20-11-25-43-28-36)30-23-21-29(22-24-30)34-18-10-19-35(26-34)42-47-40(32-14-6-2-7-15-32)46-41(48-42)33-16-8-3-9-17-33;1-4-12-30(13-5-1)37-27-38(45-39(44-37)32-14-6-2-7-15-32)31-23-21-29(22-24-31)34-18-10-19-35(26-34)41-46-40(33-16-8-3-9-17-33)47-42(48-41)36-20-11-25-43-28-36/h2*1-28H. The summed E-state index contributed by atoms with van der Waals surface area (Å²) < 4.78 is 0. The van der Waals surface area contributed by atoms with Gasteiger partial charge >= 0.3 is 0 Å². The van der Waals surface area contributed by atoms with Crippen molar-refractivity contribution in [3.8, 4) is 158 Å². The van der Waals surface area contributed by atoms with Gasteiger partial charge < -0.3 is 0 Å². The second-order valence-electron chi connectivity index (χ2n) is 22.5. The van der Waals surface area contributed by atoms with Crippen LogP contribution in [0.2, 0.25) is 0 Å². The van der Waals surface area contributed by atoms with E-state index in [-0.39, 0.29) is 0 Å². The Morgan fingerprint density at radius 3 is 0.688 bits per heavy atom. The summed E-state index contributed by atoms with van der Waals surface area (Å²) in [5.74, 6) is 5.06. The molecule has 0 radical (unpaired) electrons. The zero-order valence-corrected chi connectivity index (χ0v) is 51.7. The third kappa shape index (κ3) is 13.5. The molecule has 0 aliphatic heterocycles. The third-order valence-electron chi connectivity index (χ3n) is 16.1. The van der Waals surface area contributed by atoms with Crippen molar-refractivity contribution in [2.24, 2.45) is 0 Å². The van der Waals surface area contributed by atoms with Crippen LogP contribution in [0.5, 0.6) is 0 Å². The van der Waals surface area contributed by atoms with Crippen LogP contribution >= 0.6 is 0 Å². The van der Waals surface area contributed by atoms with E-state index in [2.05, 4.69) is 101 Å². The Balaban J connectivity index is 0.000000158. The zero-order valence-electron chi connectivity index (χ0n) is 51.7. The topological polar surface area (TPSA) is 155 Å². The van der Waals surface area contributed by atoms with Crippen LogP contribution in [0.25, 0.3) is 158 Å². The van der Waals surface area contributed by atoms with Crippen LogP contribution < -0.4 is 0 Å². The molecule has 0 bridgehead atoms. The van der Waals surface area contributed by atoms with Gasteiger partial charge in [-0.3, -0.25) is 9.97 Å². The highest BCUT2D eigenvalue weighted by atomic mass is 15.0. The molecule has 6 heterocycles. The molecule has 6 aromatic heterocycles. The molecule has 10 aromatic carbocycles. The number of benzene rings is 10. The first-order valence-corrected chi connectivity index (χ1v) is 31.4. The normalized spacial score (nSPS) is 10.9. The average molecular weight is 1230 g/mol. The van der Waals surface area contributed by atoms with Crippen molar-refractivity contribution in [3.05, 3.63) is 340 Å². The van der Waals surface area contributed by atoms with E-state index in [0.29, 0.717) is 46.6 Å². The fraction of sp³-hybridized carbons (Fsp3) is 0.